The Kier molecular flexibility index (Phi) is 2.80. The first-order valence-electron chi connectivity index (χ1n) is 6.27. The molecule has 8 nitrogen and oxygen atoms in total. The first kappa shape index (κ1) is 13.4. The van der Waals surface area contributed by atoms with Gasteiger partial charge in [0, 0.05) is 7.11 Å². The van der Waals surface area contributed by atoms with Crippen molar-refractivity contribution in [2.45, 2.75) is 25.5 Å². The molecule has 1 fully saturated rings. The van der Waals surface area contributed by atoms with Crippen LogP contribution >= 0.6 is 0 Å². The van der Waals surface area contributed by atoms with Crippen molar-refractivity contribution in [3.05, 3.63) is 5.69 Å². The normalized spacial score (nSPS) is 25.5. The third kappa shape index (κ3) is 1.88. The molecule has 9 heteroatoms. The maximum absolute atomic E-state index is 11.8. The van der Waals surface area contributed by atoms with Gasteiger partial charge in [0.15, 0.2) is 15.5 Å². The molecule has 0 aliphatic carbocycles. The minimum atomic E-state index is -3.03. The average Bonchev–Trinajstić information content (AvgIpc) is 2.97. The molecular formula is C11H17N5O3S. The van der Waals surface area contributed by atoms with Crippen molar-refractivity contribution < 1.29 is 13.2 Å². The lowest BCUT2D eigenvalue weighted by molar-refractivity contribution is 0.180. The topological polar surface area (TPSA) is 116 Å². The molecule has 0 amide bonds. The number of nitrogens with one attached hydrogen (secondary N) is 1. The van der Waals surface area contributed by atoms with Crippen molar-refractivity contribution in [1.29, 1.82) is 0 Å². The van der Waals surface area contributed by atoms with Crippen molar-refractivity contribution in [2.24, 2.45) is 0 Å². The standard InChI is InChI=1S/C11H17N5O3S/c1-11(3-4-20(17,18)6-11)16-10-8(9(12)13-14-10)7(15-16)5-19-2/h3-6H2,1-2H3,(H3,12,13,14). The Morgan fingerprint density at radius 1 is 1.55 bits per heavy atom. The van der Waals surface area contributed by atoms with E-state index in [4.69, 9.17) is 10.5 Å². The molecule has 1 saturated heterocycles. The number of ether oxygens (including phenoxy) is 1. The second kappa shape index (κ2) is 4.19. The van der Waals surface area contributed by atoms with Crippen LogP contribution in [-0.4, -0.2) is 47.0 Å². The Balaban J connectivity index is 2.17. The Bertz CT molecular complexity index is 762. The number of aromatic amines is 1. The number of nitrogens with zero attached hydrogens (tertiary/aromatic N) is 3. The van der Waals surface area contributed by atoms with Crippen molar-refractivity contribution in [2.75, 3.05) is 24.3 Å². The van der Waals surface area contributed by atoms with Gasteiger partial charge in [-0.1, -0.05) is 0 Å². The second-order valence-corrected chi connectivity index (χ2v) is 7.65. The highest BCUT2D eigenvalue weighted by molar-refractivity contribution is 7.91. The van der Waals surface area contributed by atoms with Crippen molar-refractivity contribution in [3.63, 3.8) is 0 Å². The highest BCUT2D eigenvalue weighted by atomic mass is 32.2. The number of anilines is 1. The van der Waals surface area contributed by atoms with E-state index in [1.54, 1.807) is 11.8 Å². The number of aromatic nitrogens is 4. The van der Waals surface area contributed by atoms with Gasteiger partial charge in [-0.2, -0.15) is 10.2 Å². The predicted molar refractivity (Wildman–Crippen MR) is 73.9 cm³/mol. The molecule has 2 aromatic rings. The fourth-order valence-electron chi connectivity index (χ4n) is 2.78. The Hall–Kier alpha value is -1.61. The van der Waals surface area contributed by atoms with E-state index in [0.29, 0.717) is 35.6 Å². The van der Waals surface area contributed by atoms with Crippen LogP contribution in [0, 0.1) is 0 Å². The summed E-state index contributed by atoms with van der Waals surface area (Å²) in [5.41, 5.74) is 6.52. The number of hydrogen-bond donors (Lipinski definition) is 2. The zero-order valence-electron chi connectivity index (χ0n) is 11.4. The molecule has 3 heterocycles. The maximum atomic E-state index is 11.8. The summed E-state index contributed by atoms with van der Waals surface area (Å²) in [6.07, 6.45) is 0.519. The third-order valence-corrected chi connectivity index (χ3v) is 5.65. The van der Waals surface area contributed by atoms with Gasteiger partial charge >= 0.3 is 0 Å². The molecule has 1 unspecified atom stereocenters. The Labute approximate surface area is 116 Å². The van der Waals surface area contributed by atoms with Gasteiger partial charge in [-0.15, -0.1) is 0 Å². The van der Waals surface area contributed by atoms with E-state index in [9.17, 15) is 8.42 Å². The van der Waals surface area contributed by atoms with E-state index in [1.807, 2.05) is 6.92 Å². The summed E-state index contributed by atoms with van der Waals surface area (Å²) >= 11 is 0. The molecule has 0 aromatic carbocycles. The largest absolute Gasteiger partial charge is 0.383 e. The number of rotatable bonds is 3. The van der Waals surface area contributed by atoms with Crippen molar-refractivity contribution in [3.8, 4) is 0 Å². The maximum Gasteiger partial charge on any atom is 0.182 e. The lowest BCUT2D eigenvalue weighted by Gasteiger charge is -2.22. The van der Waals surface area contributed by atoms with Crippen LogP contribution in [0.15, 0.2) is 0 Å². The van der Waals surface area contributed by atoms with Crippen molar-refractivity contribution >= 4 is 26.7 Å². The molecule has 20 heavy (non-hydrogen) atoms. The number of nitrogens with two attached hydrogens (primary N) is 1. The highest BCUT2D eigenvalue weighted by Crippen LogP contribution is 2.34. The van der Waals surface area contributed by atoms with Gasteiger partial charge in [0.25, 0.3) is 0 Å². The molecule has 0 spiro atoms. The summed E-state index contributed by atoms with van der Waals surface area (Å²) < 4.78 is 30.3. The summed E-state index contributed by atoms with van der Waals surface area (Å²) in [7, 11) is -1.46. The molecule has 0 bridgehead atoms. The van der Waals surface area contributed by atoms with Crippen LogP contribution < -0.4 is 5.73 Å². The van der Waals surface area contributed by atoms with E-state index in [-0.39, 0.29) is 11.5 Å². The van der Waals surface area contributed by atoms with Crippen LogP contribution in [0.2, 0.25) is 0 Å². The molecule has 0 radical (unpaired) electrons. The summed E-state index contributed by atoms with van der Waals surface area (Å²) in [5, 5.41) is 12.1. The van der Waals surface area contributed by atoms with Gasteiger partial charge in [-0.25, -0.2) is 13.1 Å². The molecule has 2 aromatic heterocycles. The summed E-state index contributed by atoms with van der Waals surface area (Å²) in [6, 6.07) is 0. The van der Waals surface area contributed by atoms with Gasteiger partial charge in [-0.3, -0.25) is 5.10 Å². The van der Waals surface area contributed by atoms with Gasteiger partial charge in [-0.05, 0) is 13.3 Å². The van der Waals surface area contributed by atoms with Gasteiger partial charge in [0.2, 0.25) is 0 Å². The van der Waals surface area contributed by atoms with Crippen molar-refractivity contribution in [1.82, 2.24) is 20.0 Å². The van der Waals surface area contributed by atoms with E-state index < -0.39 is 15.4 Å². The minimum absolute atomic E-state index is 0.0654. The lowest BCUT2D eigenvalue weighted by atomic mass is 10.0. The molecule has 3 rings (SSSR count). The van der Waals surface area contributed by atoms with E-state index >= 15 is 0 Å². The number of methoxy groups -OCH3 is 1. The first-order chi connectivity index (χ1) is 9.36. The van der Waals surface area contributed by atoms with Crippen LogP contribution in [0.25, 0.3) is 11.0 Å². The summed E-state index contributed by atoms with van der Waals surface area (Å²) in [6.45, 7) is 2.18. The fraction of sp³-hybridized carbons (Fsp3) is 0.636. The average molecular weight is 299 g/mol. The number of sulfone groups is 1. The van der Waals surface area contributed by atoms with Crippen LogP contribution in [0.1, 0.15) is 19.0 Å². The SMILES string of the molecule is COCc1nn(C2(C)CCS(=O)(=O)C2)c2n[nH]c(N)c12. The van der Waals surface area contributed by atoms with Gasteiger partial charge < -0.3 is 10.5 Å². The Morgan fingerprint density at radius 2 is 2.30 bits per heavy atom. The predicted octanol–water partition coefficient (Wildman–Crippen LogP) is 0.0217. The molecule has 1 aliphatic rings. The van der Waals surface area contributed by atoms with Crippen LogP contribution in [0.3, 0.4) is 0 Å². The zero-order chi connectivity index (χ0) is 14.5. The number of nitrogen functional groups attached to an aromatic ring is 1. The smallest absolute Gasteiger partial charge is 0.182 e. The van der Waals surface area contributed by atoms with E-state index in [0.717, 1.165) is 0 Å². The molecule has 3 N–H and O–H groups in total. The Morgan fingerprint density at radius 3 is 2.90 bits per heavy atom. The lowest BCUT2D eigenvalue weighted by Crippen LogP contribution is -2.32. The molecule has 1 aliphatic heterocycles. The zero-order valence-corrected chi connectivity index (χ0v) is 12.2. The quantitative estimate of drug-likeness (QED) is 0.825. The van der Waals surface area contributed by atoms with E-state index in [1.165, 1.54) is 0 Å². The van der Waals surface area contributed by atoms with Crippen LogP contribution in [0.5, 0.6) is 0 Å². The molecule has 110 valence electrons. The van der Waals surface area contributed by atoms with Gasteiger partial charge in [0.1, 0.15) is 11.5 Å². The fourth-order valence-corrected chi connectivity index (χ4v) is 4.89. The number of fused-ring (bicyclic) bond motifs is 1. The van der Waals surface area contributed by atoms with Crippen LogP contribution in [-0.2, 0) is 26.7 Å². The monoisotopic (exact) mass is 299 g/mol. The third-order valence-electron chi connectivity index (χ3n) is 3.76. The molecular weight excluding hydrogens is 282 g/mol. The number of H-pyrrole nitrogens is 1. The van der Waals surface area contributed by atoms with Gasteiger partial charge in [0.05, 0.1) is 29.0 Å². The molecule has 1 atom stereocenters. The van der Waals surface area contributed by atoms with E-state index in [2.05, 4.69) is 15.3 Å². The first-order valence-corrected chi connectivity index (χ1v) is 8.10. The summed E-state index contributed by atoms with van der Waals surface area (Å²) in [4.78, 5) is 0. The highest BCUT2D eigenvalue weighted by Gasteiger charge is 2.42. The minimum Gasteiger partial charge on any atom is -0.383 e. The molecule has 0 saturated carbocycles. The second-order valence-electron chi connectivity index (χ2n) is 5.47. The van der Waals surface area contributed by atoms with Crippen LogP contribution in [0.4, 0.5) is 5.82 Å². The number of hydrogen-bond acceptors (Lipinski definition) is 6. The summed E-state index contributed by atoms with van der Waals surface area (Å²) in [5.74, 6) is 0.656.